The first-order valence-electron chi connectivity index (χ1n) is 10.4. The molecule has 1 aliphatic heterocycles. The van der Waals surface area contributed by atoms with E-state index in [1.807, 2.05) is 6.07 Å². The number of imide groups is 1. The summed E-state index contributed by atoms with van der Waals surface area (Å²) >= 11 is 0.704. The minimum absolute atomic E-state index is 0.105. The first kappa shape index (κ1) is 24.8. The molecule has 1 N–H and O–H groups in total. The molecule has 0 unspecified atom stereocenters. The summed E-state index contributed by atoms with van der Waals surface area (Å²) in [7, 11) is 1.45. The zero-order valence-electron chi connectivity index (χ0n) is 18.9. The minimum atomic E-state index is -1.05. The van der Waals surface area contributed by atoms with Crippen LogP contribution in [0, 0.1) is 0 Å². The van der Waals surface area contributed by atoms with E-state index in [1.54, 1.807) is 49.4 Å². The highest BCUT2D eigenvalue weighted by Crippen LogP contribution is 2.38. The summed E-state index contributed by atoms with van der Waals surface area (Å²) in [6.07, 6.45) is 1.47. The number of benzene rings is 2. The highest BCUT2D eigenvalue weighted by molar-refractivity contribution is 8.18. The smallest absolute Gasteiger partial charge is 0.329 e. The number of anilines is 1. The fraction of sp³-hybridized carbons (Fsp3) is 0.250. The molecule has 1 heterocycles. The molecule has 9 nitrogen and oxygen atoms in total. The molecule has 3 amide bonds. The highest BCUT2D eigenvalue weighted by atomic mass is 32.2. The second kappa shape index (κ2) is 11.4. The summed E-state index contributed by atoms with van der Waals surface area (Å²) in [5.41, 5.74) is 1.06. The van der Waals surface area contributed by atoms with E-state index < -0.39 is 23.2 Å². The van der Waals surface area contributed by atoms with Crippen molar-refractivity contribution in [3.05, 3.63) is 59.0 Å². The number of rotatable bonds is 9. The molecule has 1 aliphatic rings. The molecule has 0 saturated carbocycles. The average Bonchev–Trinajstić information content (AvgIpc) is 3.10. The third-order valence-electron chi connectivity index (χ3n) is 4.76. The molecule has 0 spiro atoms. The van der Waals surface area contributed by atoms with Crippen LogP contribution in [0.3, 0.4) is 0 Å². The molecule has 0 bridgehead atoms. The van der Waals surface area contributed by atoms with E-state index in [4.69, 9.17) is 14.2 Å². The summed E-state index contributed by atoms with van der Waals surface area (Å²) in [5.74, 6) is -1.09. The predicted molar refractivity (Wildman–Crippen MR) is 127 cm³/mol. The quantitative estimate of drug-likeness (QED) is 0.424. The van der Waals surface area contributed by atoms with Gasteiger partial charge in [0.1, 0.15) is 6.04 Å². The van der Waals surface area contributed by atoms with Crippen molar-refractivity contribution in [2.45, 2.75) is 19.9 Å². The Labute approximate surface area is 201 Å². The molecule has 34 heavy (non-hydrogen) atoms. The number of para-hydroxylation sites is 2. The van der Waals surface area contributed by atoms with Gasteiger partial charge in [0.25, 0.3) is 17.1 Å². The van der Waals surface area contributed by atoms with Gasteiger partial charge < -0.3 is 19.5 Å². The number of hydrogen-bond acceptors (Lipinski definition) is 8. The van der Waals surface area contributed by atoms with Crippen molar-refractivity contribution in [3.63, 3.8) is 0 Å². The number of nitrogens with zero attached hydrogens (tertiary/aromatic N) is 1. The van der Waals surface area contributed by atoms with Gasteiger partial charge in [0, 0.05) is 11.3 Å². The van der Waals surface area contributed by atoms with E-state index in [9.17, 15) is 19.2 Å². The van der Waals surface area contributed by atoms with Crippen LogP contribution in [0.5, 0.6) is 11.5 Å². The Morgan fingerprint density at radius 1 is 1.12 bits per heavy atom. The zero-order valence-corrected chi connectivity index (χ0v) is 19.7. The van der Waals surface area contributed by atoms with E-state index >= 15 is 0 Å². The lowest BCUT2D eigenvalue weighted by molar-refractivity contribution is -0.150. The SMILES string of the molecule is CCOC(=O)[C@H](C)N1C(=O)S/C(=C/c2cccc(OC)c2OCC(=O)Nc2ccccc2)C1=O. The molecule has 1 atom stereocenters. The second-order valence-electron chi connectivity index (χ2n) is 7.06. The van der Waals surface area contributed by atoms with Crippen LogP contribution >= 0.6 is 11.8 Å². The summed E-state index contributed by atoms with van der Waals surface area (Å²) in [5, 5.41) is 2.14. The van der Waals surface area contributed by atoms with Crippen molar-refractivity contribution >= 4 is 46.5 Å². The number of esters is 1. The van der Waals surface area contributed by atoms with Gasteiger partial charge >= 0.3 is 5.97 Å². The predicted octanol–water partition coefficient (Wildman–Crippen LogP) is 3.70. The zero-order chi connectivity index (χ0) is 24.7. The van der Waals surface area contributed by atoms with E-state index in [0.29, 0.717) is 28.8 Å². The lowest BCUT2D eigenvalue weighted by atomic mass is 10.1. The van der Waals surface area contributed by atoms with E-state index in [2.05, 4.69) is 5.32 Å². The van der Waals surface area contributed by atoms with Gasteiger partial charge in [-0.05, 0) is 49.9 Å². The van der Waals surface area contributed by atoms with Gasteiger partial charge in [0.15, 0.2) is 18.1 Å². The first-order valence-corrected chi connectivity index (χ1v) is 11.3. The maximum absolute atomic E-state index is 12.9. The van der Waals surface area contributed by atoms with Crippen molar-refractivity contribution < 1.29 is 33.4 Å². The van der Waals surface area contributed by atoms with Crippen LogP contribution in [0.1, 0.15) is 19.4 Å². The topological polar surface area (TPSA) is 111 Å². The minimum Gasteiger partial charge on any atom is -0.493 e. The van der Waals surface area contributed by atoms with Crippen molar-refractivity contribution in [3.8, 4) is 11.5 Å². The lowest BCUT2D eigenvalue weighted by Crippen LogP contribution is -2.42. The van der Waals surface area contributed by atoms with Crippen LogP contribution in [0.4, 0.5) is 10.5 Å². The third kappa shape index (κ3) is 5.76. The van der Waals surface area contributed by atoms with Gasteiger partial charge in [0.05, 0.1) is 18.6 Å². The first-order chi connectivity index (χ1) is 16.3. The van der Waals surface area contributed by atoms with Gasteiger partial charge in [0.2, 0.25) is 0 Å². The van der Waals surface area contributed by atoms with Crippen LogP contribution in [0.2, 0.25) is 0 Å². The molecule has 2 aromatic carbocycles. The Hall–Kier alpha value is -3.79. The normalized spacial score (nSPS) is 15.3. The molecule has 178 valence electrons. The number of ether oxygens (including phenoxy) is 3. The van der Waals surface area contributed by atoms with Crippen LogP contribution in [0.25, 0.3) is 6.08 Å². The average molecular weight is 485 g/mol. The van der Waals surface area contributed by atoms with Crippen LogP contribution in [0.15, 0.2) is 53.4 Å². The summed E-state index contributed by atoms with van der Waals surface area (Å²) in [6, 6.07) is 12.9. The van der Waals surface area contributed by atoms with Gasteiger partial charge in [-0.25, -0.2) is 4.79 Å². The number of methoxy groups -OCH3 is 1. The number of amides is 3. The van der Waals surface area contributed by atoms with Crippen molar-refractivity contribution in [1.82, 2.24) is 4.90 Å². The van der Waals surface area contributed by atoms with E-state index in [1.165, 1.54) is 20.1 Å². The standard InChI is InChI=1S/C24H24N2O7S/c1-4-32-23(29)15(2)26-22(28)19(34-24(26)30)13-16-9-8-12-18(31-3)21(16)33-14-20(27)25-17-10-6-5-7-11-17/h5-13,15H,4,14H2,1-3H3,(H,25,27)/b19-13+/t15-/m0/s1. The molecular formula is C24H24N2O7S. The maximum Gasteiger partial charge on any atom is 0.329 e. The summed E-state index contributed by atoms with van der Waals surface area (Å²) in [4.78, 5) is 50.6. The summed E-state index contributed by atoms with van der Waals surface area (Å²) < 4.78 is 16.0. The number of carbonyl (C=O) groups excluding carboxylic acids is 4. The molecule has 1 fully saturated rings. The molecule has 0 aliphatic carbocycles. The van der Waals surface area contributed by atoms with Crippen LogP contribution in [-0.2, 0) is 19.1 Å². The molecule has 3 rings (SSSR count). The summed E-state index contributed by atoms with van der Waals surface area (Å²) in [6.45, 7) is 2.90. The fourth-order valence-electron chi connectivity index (χ4n) is 3.14. The largest absolute Gasteiger partial charge is 0.493 e. The Morgan fingerprint density at radius 2 is 1.85 bits per heavy atom. The van der Waals surface area contributed by atoms with Crippen LogP contribution in [-0.4, -0.2) is 54.3 Å². The Balaban J connectivity index is 1.80. The van der Waals surface area contributed by atoms with Crippen LogP contribution < -0.4 is 14.8 Å². The second-order valence-corrected chi connectivity index (χ2v) is 8.05. The lowest BCUT2D eigenvalue weighted by Gasteiger charge is -2.19. The molecule has 0 radical (unpaired) electrons. The van der Waals surface area contributed by atoms with Crippen molar-refractivity contribution in [2.75, 3.05) is 25.6 Å². The molecule has 2 aromatic rings. The Kier molecular flexibility index (Phi) is 8.31. The van der Waals surface area contributed by atoms with Gasteiger partial charge in [-0.3, -0.25) is 19.3 Å². The monoisotopic (exact) mass is 484 g/mol. The molecule has 10 heteroatoms. The fourth-order valence-corrected chi connectivity index (χ4v) is 4.04. The molecular weight excluding hydrogens is 460 g/mol. The number of thioether (sulfide) groups is 1. The van der Waals surface area contributed by atoms with E-state index in [-0.39, 0.29) is 29.8 Å². The Morgan fingerprint density at radius 3 is 2.53 bits per heavy atom. The van der Waals surface area contributed by atoms with Gasteiger partial charge in [-0.15, -0.1) is 0 Å². The van der Waals surface area contributed by atoms with Crippen molar-refractivity contribution in [2.24, 2.45) is 0 Å². The Bertz CT molecular complexity index is 1120. The highest BCUT2D eigenvalue weighted by Gasteiger charge is 2.41. The number of nitrogens with one attached hydrogen (secondary N) is 1. The number of hydrogen-bond donors (Lipinski definition) is 1. The third-order valence-corrected chi connectivity index (χ3v) is 5.64. The number of carbonyl (C=O) groups is 4. The van der Waals surface area contributed by atoms with Crippen molar-refractivity contribution in [1.29, 1.82) is 0 Å². The molecule has 1 saturated heterocycles. The van der Waals surface area contributed by atoms with E-state index in [0.717, 1.165) is 4.90 Å². The van der Waals surface area contributed by atoms with Gasteiger partial charge in [-0.2, -0.15) is 0 Å². The van der Waals surface area contributed by atoms with Gasteiger partial charge in [-0.1, -0.05) is 30.3 Å². The molecule has 0 aromatic heterocycles. The maximum atomic E-state index is 12.9.